The average Bonchev–Trinajstić information content (AvgIpc) is 3.29. The summed E-state index contributed by atoms with van der Waals surface area (Å²) in [5.74, 6) is 0.666. The van der Waals surface area contributed by atoms with Crippen LogP contribution in [0, 0.1) is 0 Å². The summed E-state index contributed by atoms with van der Waals surface area (Å²) in [6, 6.07) is 7.14. The molecule has 0 spiro atoms. The summed E-state index contributed by atoms with van der Waals surface area (Å²) in [7, 11) is 0. The molecule has 3 heterocycles. The van der Waals surface area contributed by atoms with Crippen LogP contribution < -0.4 is 15.8 Å². The van der Waals surface area contributed by atoms with Crippen LogP contribution in [0.25, 0.3) is 10.4 Å². The number of alkyl halides is 3. The number of piperidine rings is 1. The van der Waals surface area contributed by atoms with Crippen molar-refractivity contribution < 1.29 is 23.0 Å². The fourth-order valence-corrected chi connectivity index (χ4v) is 5.47. The summed E-state index contributed by atoms with van der Waals surface area (Å²) < 4.78 is 43.7. The fraction of sp³-hybridized carbons (Fsp3) is 0.458. The molecular weight excluding hydrogens is 493 g/mol. The molecule has 192 valence electrons. The number of benzene rings is 1. The van der Waals surface area contributed by atoms with E-state index < -0.39 is 18.3 Å². The molecule has 2 aromatic heterocycles. The van der Waals surface area contributed by atoms with E-state index in [0.717, 1.165) is 34.7 Å². The third kappa shape index (κ3) is 5.88. The normalized spacial score (nSPS) is 18.6. The Balaban J connectivity index is 1.23. The Hall–Kier alpha value is -2.96. The molecule has 36 heavy (non-hydrogen) atoms. The standard InChI is InChI=1S/C24H27F3N6O2S/c25-24(26,27)14-33-8-3-18(4-9-33)35-20-2-7-29-22(32-20)31-17-11-15(10-16(28)12-17)19-13-30-21(36-19)23(34)5-1-6-23/h2,7,10-13,18,34H,1,3-6,8-9,14,28H2,(H,29,31,32). The van der Waals surface area contributed by atoms with Crippen molar-refractivity contribution in [3.8, 4) is 16.3 Å². The van der Waals surface area contributed by atoms with Gasteiger partial charge in [0.2, 0.25) is 11.8 Å². The number of rotatable bonds is 7. The Morgan fingerprint density at radius 3 is 2.67 bits per heavy atom. The van der Waals surface area contributed by atoms with E-state index in [1.165, 1.54) is 16.2 Å². The zero-order valence-electron chi connectivity index (χ0n) is 19.5. The van der Waals surface area contributed by atoms with E-state index in [1.54, 1.807) is 24.5 Å². The van der Waals surface area contributed by atoms with Gasteiger partial charge in [0.25, 0.3) is 0 Å². The first kappa shape index (κ1) is 24.7. The number of aromatic nitrogens is 3. The highest BCUT2D eigenvalue weighted by atomic mass is 32.1. The zero-order valence-corrected chi connectivity index (χ0v) is 20.3. The Kier molecular flexibility index (Phi) is 6.75. The average molecular weight is 521 g/mol. The maximum atomic E-state index is 12.6. The maximum Gasteiger partial charge on any atom is 0.401 e. The van der Waals surface area contributed by atoms with Crippen molar-refractivity contribution in [2.24, 2.45) is 0 Å². The van der Waals surface area contributed by atoms with Crippen LogP contribution in [0.5, 0.6) is 5.88 Å². The van der Waals surface area contributed by atoms with Crippen molar-refractivity contribution in [2.75, 3.05) is 30.7 Å². The van der Waals surface area contributed by atoms with Gasteiger partial charge in [0.15, 0.2) is 0 Å². The number of hydrogen-bond donors (Lipinski definition) is 3. The molecule has 1 aliphatic heterocycles. The molecule has 2 aliphatic rings. The summed E-state index contributed by atoms with van der Waals surface area (Å²) in [6.45, 7) is -0.251. The van der Waals surface area contributed by atoms with Gasteiger partial charge in [-0.15, -0.1) is 11.3 Å². The molecule has 1 saturated carbocycles. The van der Waals surface area contributed by atoms with Gasteiger partial charge in [0.05, 0.1) is 11.4 Å². The minimum absolute atomic E-state index is 0.206. The van der Waals surface area contributed by atoms with Gasteiger partial charge >= 0.3 is 6.18 Å². The first-order valence-electron chi connectivity index (χ1n) is 11.8. The Bertz CT molecular complexity index is 1210. The molecule has 4 N–H and O–H groups in total. The molecule has 0 amide bonds. The Labute approximate surface area is 210 Å². The number of aliphatic hydroxyl groups is 1. The number of halogens is 3. The molecule has 3 aromatic rings. The van der Waals surface area contributed by atoms with Crippen LogP contribution in [-0.2, 0) is 5.60 Å². The van der Waals surface area contributed by atoms with Gasteiger partial charge in [-0.1, -0.05) is 0 Å². The van der Waals surface area contributed by atoms with Crippen LogP contribution in [0.1, 0.15) is 37.1 Å². The van der Waals surface area contributed by atoms with Crippen LogP contribution in [0.2, 0.25) is 0 Å². The van der Waals surface area contributed by atoms with Gasteiger partial charge in [0.1, 0.15) is 16.7 Å². The topological polar surface area (TPSA) is 109 Å². The van der Waals surface area contributed by atoms with Crippen LogP contribution in [0.3, 0.4) is 0 Å². The highest BCUT2D eigenvalue weighted by molar-refractivity contribution is 7.15. The molecule has 0 atom stereocenters. The van der Waals surface area contributed by atoms with Crippen LogP contribution in [-0.4, -0.2) is 56.9 Å². The lowest BCUT2D eigenvalue weighted by molar-refractivity contribution is -0.149. The van der Waals surface area contributed by atoms with Gasteiger partial charge in [-0.25, -0.2) is 9.97 Å². The second-order valence-corrected chi connectivity index (χ2v) is 10.3. The number of likely N-dealkylation sites (tertiary alicyclic amines) is 1. The molecular formula is C24H27F3N6O2S. The molecule has 0 bridgehead atoms. The van der Waals surface area contributed by atoms with Gasteiger partial charge in [-0.3, -0.25) is 4.90 Å². The summed E-state index contributed by atoms with van der Waals surface area (Å²) >= 11 is 1.46. The van der Waals surface area contributed by atoms with E-state index in [9.17, 15) is 18.3 Å². The SMILES string of the molecule is Nc1cc(Nc2nccc(OC3CCN(CC(F)(F)F)CC3)n2)cc(-c2cnc(C3(O)CCC3)s2)c1. The number of nitrogens with one attached hydrogen (secondary N) is 1. The van der Waals surface area contributed by atoms with Crippen LogP contribution >= 0.6 is 11.3 Å². The van der Waals surface area contributed by atoms with Crippen molar-refractivity contribution in [3.05, 3.63) is 41.7 Å². The van der Waals surface area contributed by atoms with Gasteiger partial charge in [0, 0.05) is 42.9 Å². The van der Waals surface area contributed by atoms with Crippen molar-refractivity contribution in [1.29, 1.82) is 0 Å². The quantitative estimate of drug-likeness (QED) is 0.385. The number of nitrogens with zero attached hydrogens (tertiary/aromatic N) is 4. The zero-order chi connectivity index (χ0) is 25.3. The lowest BCUT2D eigenvalue weighted by Crippen LogP contribution is -2.42. The molecule has 5 rings (SSSR count). The minimum atomic E-state index is -4.19. The largest absolute Gasteiger partial charge is 0.474 e. The first-order chi connectivity index (χ1) is 17.1. The summed E-state index contributed by atoms with van der Waals surface area (Å²) in [6.07, 6.45) is 2.35. The number of nitrogen functional groups attached to an aromatic ring is 1. The van der Waals surface area contributed by atoms with E-state index >= 15 is 0 Å². The molecule has 2 fully saturated rings. The van der Waals surface area contributed by atoms with E-state index in [4.69, 9.17) is 10.5 Å². The lowest BCUT2D eigenvalue weighted by atomic mass is 9.81. The molecule has 8 nitrogen and oxygen atoms in total. The molecule has 1 saturated heterocycles. The second-order valence-electron chi connectivity index (χ2n) is 9.31. The maximum absolute atomic E-state index is 12.6. The smallest absolute Gasteiger partial charge is 0.401 e. The van der Waals surface area contributed by atoms with Crippen LogP contribution in [0.4, 0.5) is 30.5 Å². The number of hydrogen-bond acceptors (Lipinski definition) is 9. The van der Waals surface area contributed by atoms with Crippen molar-refractivity contribution in [2.45, 2.75) is 50.0 Å². The first-order valence-corrected chi connectivity index (χ1v) is 12.6. The van der Waals surface area contributed by atoms with Crippen molar-refractivity contribution in [1.82, 2.24) is 19.9 Å². The fourth-order valence-electron chi connectivity index (χ4n) is 4.42. The Morgan fingerprint density at radius 1 is 1.19 bits per heavy atom. The second kappa shape index (κ2) is 9.83. The van der Waals surface area contributed by atoms with E-state index in [1.807, 2.05) is 12.1 Å². The molecule has 1 aromatic carbocycles. The molecule has 12 heteroatoms. The molecule has 0 radical (unpaired) electrons. The third-order valence-corrected chi connectivity index (χ3v) is 7.68. The van der Waals surface area contributed by atoms with E-state index in [2.05, 4.69) is 20.3 Å². The summed E-state index contributed by atoms with van der Waals surface area (Å²) in [5.41, 5.74) is 7.42. The minimum Gasteiger partial charge on any atom is -0.474 e. The highest BCUT2D eigenvalue weighted by Crippen LogP contribution is 2.44. The number of nitrogens with two attached hydrogens (primary N) is 1. The Morgan fingerprint density at radius 2 is 1.97 bits per heavy atom. The van der Waals surface area contributed by atoms with Gasteiger partial charge < -0.3 is 20.9 Å². The monoisotopic (exact) mass is 520 g/mol. The van der Waals surface area contributed by atoms with Gasteiger partial charge in [-0.2, -0.15) is 18.2 Å². The lowest BCUT2D eigenvalue weighted by Gasteiger charge is -2.34. The summed E-state index contributed by atoms with van der Waals surface area (Å²) in [4.78, 5) is 15.4. The van der Waals surface area contributed by atoms with E-state index in [0.29, 0.717) is 49.1 Å². The predicted octanol–water partition coefficient (Wildman–Crippen LogP) is 4.70. The van der Waals surface area contributed by atoms with E-state index in [-0.39, 0.29) is 6.10 Å². The van der Waals surface area contributed by atoms with Crippen LogP contribution in [0.15, 0.2) is 36.7 Å². The van der Waals surface area contributed by atoms with Gasteiger partial charge in [-0.05, 0) is 55.9 Å². The van der Waals surface area contributed by atoms with Crippen molar-refractivity contribution in [3.63, 3.8) is 0 Å². The number of thiazole rings is 1. The molecule has 1 aliphatic carbocycles. The highest BCUT2D eigenvalue weighted by Gasteiger charge is 2.39. The number of anilines is 3. The summed E-state index contributed by atoms with van der Waals surface area (Å²) in [5, 5.41) is 14.4. The third-order valence-electron chi connectivity index (χ3n) is 6.44. The predicted molar refractivity (Wildman–Crippen MR) is 131 cm³/mol. The molecule has 0 unspecified atom stereocenters. The van der Waals surface area contributed by atoms with Crippen molar-refractivity contribution >= 4 is 28.7 Å². The number of ether oxygens (including phenoxy) is 1.